The van der Waals surface area contributed by atoms with Crippen molar-refractivity contribution in [3.05, 3.63) is 282 Å². The number of aryl methyl sites for hydroxylation is 2. The minimum atomic E-state index is -0.416. The summed E-state index contributed by atoms with van der Waals surface area (Å²) in [7, 11) is 1.74. The third-order valence-electron chi connectivity index (χ3n) is 15.1. The van der Waals surface area contributed by atoms with Crippen LogP contribution < -0.4 is 37.2 Å². The first kappa shape index (κ1) is 70.5. The highest BCUT2D eigenvalue weighted by molar-refractivity contribution is 6.37. The van der Waals surface area contributed by atoms with Crippen LogP contribution in [0.2, 0.25) is 30.1 Å². The van der Waals surface area contributed by atoms with E-state index >= 15 is 0 Å². The fraction of sp³-hybridized carbons (Fsp3) is 0.110. The molecule has 7 N–H and O–H groups in total. The van der Waals surface area contributed by atoms with Gasteiger partial charge in [0.05, 0.1) is 69.6 Å². The van der Waals surface area contributed by atoms with Crippen molar-refractivity contribution in [1.29, 1.82) is 0 Å². The molecule has 0 aliphatic carbocycles. The molecule has 0 bridgehead atoms. The summed E-state index contributed by atoms with van der Waals surface area (Å²) in [5.74, 6) is -0.685. The summed E-state index contributed by atoms with van der Waals surface area (Å²) < 4.78 is 1.57. The molecule has 5 aromatic heterocycles. The van der Waals surface area contributed by atoms with Crippen molar-refractivity contribution >= 4 is 134 Å². The fourth-order valence-electron chi connectivity index (χ4n) is 10.0. The van der Waals surface area contributed by atoms with E-state index in [1.807, 2.05) is 61.5 Å². The first-order chi connectivity index (χ1) is 47.3. The minimum absolute atomic E-state index is 0.148. The van der Waals surface area contributed by atoms with Crippen molar-refractivity contribution in [3.63, 3.8) is 0 Å². The topological polar surface area (TPSA) is 256 Å². The zero-order valence-corrected chi connectivity index (χ0v) is 56.8. The first-order valence-corrected chi connectivity index (χ1v) is 32.6. The SMILES string of the molecule is Cc1cc(NC(=O)c2ccc(C(=O)Nc3ccc(Cl)c(-c4ccccn4)c3)c(Cl)c2)n(C)n1.O=C(NCC1CCNCC1)c1ccc(C(=O)Nc2ccc(Cl)c(-c3ccccn3)c2)c(Cl)c1.O=C(Nc1ccccn1)c1ccc(C(=O)Nc2ccc(Cl)c(-c3ccccn3)c2)c(Cl)c1. The highest BCUT2D eigenvalue weighted by Gasteiger charge is 2.21. The largest absolute Gasteiger partial charge is 0.352 e. The summed E-state index contributed by atoms with van der Waals surface area (Å²) in [6.45, 7) is 4.43. The number of halogens is 6. The second-order valence-electron chi connectivity index (χ2n) is 22.0. The second-order valence-corrected chi connectivity index (χ2v) is 24.4. The zero-order chi connectivity index (χ0) is 69.2. The molecule has 6 heterocycles. The lowest BCUT2D eigenvalue weighted by atomic mass is 9.98. The molecule has 0 unspecified atom stereocenters. The van der Waals surface area contributed by atoms with Crippen molar-refractivity contribution in [3.8, 4) is 33.8 Å². The Morgan fingerprint density at radius 3 is 1.16 bits per heavy atom. The van der Waals surface area contributed by atoms with Gasteiger partial charge in [0.1, 0.15) is 11.6 Å². The maximum atomic E-state index is 12.8. The lowest BCUT2D eigenvalue weighted by Gasteiger charge is -2.22. The quantitative estimate of drug-likeness (QED) is 0.0477. The van der Waals surface area contributed by atoms with Gasteiger partial charge in [0.25, 0.3) is 35.4 Å². The van der Waals surface area contributed by atoms with E-state index in [0.717, 1.165) is 31.6 Å². The zero-order valence-electron chi connectivity index (χ0n) is 52.2. The van der Waals surface area contributed by atoms with Crippen LogP contribution in [-0.4, -0.2) is 84.8 Å². The van der Waals surface area contributed by atoms with Gasteiger partial charge in [-0.2, -0.15) is 5.10 Å². The molecule has 6 amide bonds. The number of amides is 6. The maximum absolute atomic E-state index is 12.8. The number of hydrogen-bond donors (Lipinski definition) is 7. The number of hydrogen-bond acceptors (Lipinski definition) is 12. The molecule has 25 heteroatoms. The maximum Gasteiger partial charge on any atom is 0.257 e. The molecule has 1 aliphatic rings. The van der Waals surface area contributed by atoms with Crippen molar-refractivity contribution in [2.24, 2.45) is 13.0 Å². The van der Waals surface area contributed by atoms with Crippen molar-refractivity contribution in [2.45, 2.75) is 19.8 Å². The summed E-state index contributed by atoms with van der Waals surface area (Å²) in [6, 6.07) is 52.6. The standard InChI is InChI=1S/C25H24Cl2N4O2.C24H19Cl2N5O2.C24H16Cl2N4O2/c26-21-7-5-18(14-20(21)23-3-1-2-10-29-23)31-25(33)19-6-4-17(13-22(19)27)24(32)30-15-16-8-11-28-12-9-16;1-14-11-22(31(2)30-14)29-23(32)15-6-8-17(20(26)12-15)24(33)28-16-7-9-19(25)18(13-16)21-5-3-4-10-27-21;25-19-10-8-16(14-18(19)21-5-1-3-11-27-21)29-24(32)17-9-7-15(13-20(17)26)23(31)30-22-6-2-4-12-28-22/h1-7,10,13-14,16,28H,8-9,11-12,15H2,(H,30,32)(H,31,33);3-13H,1-2H3,(H,28,33)(H,29,32);1-14H,(H,29,32)(H,28,30,31). The molecule has 11 aromatic rings. The lowest BCUT2D eigenvalue weighted by molar-refractivity contribution is 0.0940. The van der Waals surface area contributed by atoms with Crippen LogP contribution in [-0.2, 0) is 7.05 Å². The number of benzene rings is 6. The summed E-state index contributed by atoms with van der Waals surface area (Å²) in [5, 5.41) is 26.5. The number of pyridine rings is 4. The molecular formula is C73H59Cl6N13O6. The molecule has 1 saturated heterocycles. The van der Waals surface area contributed by atoms with Gasteiger partial charge in [-0.1, -0.05) is 93.9 Å². The number of nitrogens with one attached hydrogen (secondary N) is 7. The van der Waals surface area contributed by atoms with Gasteiger partial charge < -0.3 is 37.2 Å². The minimum Gasteiger partial charge on any atom is -0.352 e. The Bertz CT molecular complexity index is 4720. The highest BCUT2D eigenvalue weighted by Crippen LogP contribution is 2.34. The van der Waals surface area contributed by atoms with Gasteiger partial charge in [0.2, 0.25) is 0 Å². The van der Waals surface area contributed by atoms with Gasteiger partial charge in [-0.15, -0.1) is 0 Å². The predicted octanol–water partition coefficient (Wildman–Crippen LogP) is 16.6. The normalized spacial score (nSPS) is 11.7. The molecule has 6 aromatic carbocycles. The van der Waals surface area contributed by atoms with Crippen molar-refractivity contribution in [2.75, 3.05) is 46.2 Å². The number of piperidine rings is 1. The number of rotatable bonds is 16. The van der Waals surface area contributed by atoms with Crippen molar-refractivity contribution in [1.82, 2.24) is 40.3 Å². The average Bonchev–Trinajstić information content (AvgIpc) is 1.03. The van der Waals surface area contributed by atoms with Gasteiger partial charge in [-0.3, -0.25) is 48.4 Å². The third kappa shape index (κ3) is 18.8. The van der Waals surface area contributed by atoms with E-state index in [0.29, 0.717) is 107 Å². The van der Waals surface area contributed by atoms with Crippen molar-refractivity contribution < 1.29 is 28.8 Å². The van der Waals surface area contributed by atoms with Crippen LogP contribution >= 0.6 is 69.6 Å². The Balaban J connectivity index is 0.000000159. The van der Waals surface area contributed by atoms with Crippen LogP contribution in [0.5, 0.6) is 0 Å². The van der Waals surface area contributed by atoms with Crippen LogP contribution in [0.1, 0.15) is 80.7 Å². The number of carbonyl (C=O) groups excluding carboxylic acids is 6. The van der Waals surface area contributed by atoms with Crippen LogP contribution in [0, 0.1) is 12.8 Å². The Labute approximate surface area is 593 Å². The highest BCUT2D eigenvalue weighted by atomic mass is 35.5. The average molecular weight is 1430 g/mol. The number of carbonyl (C=O) groups is 6. The van der Waals surface area contributed by atoms with Crippen LogP contribution in [0.3, 0.4) is 0 Å². The molecular weight excluding hydrogens is 1370 g/mol. The summed E-state index contributed by atoms with van der Waals surface area (Å²) >= 11 is 37.9. The van der Waals surface area contributed by atoms with E-state index in [-0.39, 0.29) is 55.4 Å². The van der Waals surface area contributed by atoms with Gasteiger partial charge in [0.15, 0.2) is 0 Å². The Morgan fingerprint density at radius 2 is 0.806 bits per heavy atom. The van der Waals surface area contributed by atoms with E-state index in [1.54, 1.807) is 134 Å². The van der Waals surface area contributed by atoms with Gasteiger partial charge in [0, 0.05) is 94.9 Å². The number of aromatic nitrogens is 6. The molecule has 19 nitrogen and oxygen atoms in total. The molecule has 1 aliphatic heterocycles. The van der Waals surface area contributed by atoms with Crippen LogP contribution in [0.15, 0.2) is 213 Å². The molecule has 98 heavy (non-hydrogen) atoms. The van der Waals surface area contributed by atoms with Crippen LogP contribution in [0.25, 0.3) is 33.8 Å². The second kappa shape index (κ2) is 33.5. The van der Waals surface area contributed by atoms with Crippen LogP contribution in [0.4, 0.5) is 28.7 Å². The molecule has 494 valence electrons. The Morgan fingerprint density at radius 1 is 0.418 bits per heavy atom. The van der Waals surface area contributed by atoms with E-state index < -0.39 is 11.8 Å². The lowest BCUT2D eigenvalue weighted by Crippen LogP contribution is -2.36. The molecule has 0 radical (unpaired) electrons. The summed E-state index contributed by atoms with van der Waals surface area (Å²) in [6.07, 6.45) is 8.69. The van der Waals surface area contributed by atoms with Gasteiger partial charge >= 0.3 is 0 Å². The Hall–Kier alpha value is -10.4. The molecule has 0 atom stereocenters. The Kier molecular flexibility index (Phi) is 24.1. The molecule has 0 spiro atoms. The number of nitrogens with zero attached hydrogens (tertiary/aromatic N) is 6. The van der Waals surface area contributed by atoms with E-state index in [2.05, 4.69) is 62.3 Å². The fourth-order valence-corrected chi connectivity index (χ4v) is 11.5. The monoisotopic (exact) mass is 1420 g/mol. The van der Waals surface area contributed by atoms with E-state index in [9.17, 15) is 28.8 Å². The third-order valence-corrected chi connectivity index (χ3v) is 17.0. The summed E-state index contributed by atoms with van der Waals surface area (Å²) in [5.41, 5.74) is 8.39. The van der Waals surface area contributed by atoms with Gasteiger partial charge in [-0.25, -0.2) is 4.98 Å². The summed E-state index contributed by atoms with van der Waals surface area (Å²) in [4.78, 5) is 92.9. The number of anilines is 5. The molecule has 12 rings (SSSR count). The van der Waals surface area contributed by atoms with E-state index in [1.165, 1.54) is 36.4 Å². The van der Waals surface area contributed by atoms with Gasteiger partial charge in [-0.05, 0) is 196 Å². The predicted molar refractivity (Wildman–Crippen MR) is 388 cm³/mol. The van der Waals surface area contributed by atoms with E-state index in [4.69, 9.17) is 69.6 Å². The smallest absolute Gasteiger partial charge is 0.257 e. The molecule has 0 saturated carbocycles. The first-order valence-electron chi connectivity index (χ1n) is 30.3. The molecule has 1 fully saturated rings.